The third-order valence-electron chi connectivity index (χ3n) is 7.29. The van der Waals surface area contributed by atoms with Gasteiger partial charge in [-0.2, -0.15) is 0 Å². The van der Waals surface area contributed by atoms with E-state index in [-0.39, 0.29) is 5.41 Å². The monoisotopic (exact) mass is 473 g/mol. The molecule has 0 unspecified atom stereocenters. The Morgan fingerprint density at radius 3 is 2.17 bits per heavy atom. The second-order valence-electron chi connectivity index (χ2n) is 11.1. The third-order valence-corrected chi connectivity index (χ3v) is 7.29. The van der Waals surface area contributed by atoms with Crippen LogP contribution in [-0.4, -0.2) is 4.98 Å². The number of furan rings is 2. The third kappa shape index (κ3) is 3.37. The molecule has 0 aliphatic carbocycles. The zero-order valence-corrected chi connectivity index (χ0v) is 22.0. The van der Waals surface area contributed by atoms with Gasteiger partial charge in [-0.3, -0.25) is 4.98 Å². The second kappa shape index (κ2) is 7.83. The molecule has 0 bridgehead atoms. The zero-order chi connectivity index (χ0) is 25.4. The number of aromatic nitrogens is 1. The first kappa shape index (κ1) is 22.6. The van der Waals surface area contributed by atoms with E-state index < -0.39 is 0 Å². The maximum Gasteiger partial charge on any atom is 0.181 e. The lowest BCUT2D eigenvalue weighted by molar-refractivity contribution is 0.596. The lowest BCUT2D eigenvalue weighted by Gasteiger charge is -2.22. The van der Waals surface area contributed by atoms with Crippen molar-refractivity contribution in [2.75, 3.05) is 0 Å². The Labute approximate surface area is 211 Å². The SMILES string of the molecule is Cc1cc(C)c(-c2oc3c(oc4c(-c5cc(C(C)(C)C)c6ccccc6c5)nccc43)c2C)c(C)c1. The van der Waals surface area contributed by atoms with E-state index in [1.165, 1.54) is 33.0 Å². The molecule has 0 atom stereocenters. The van der Waals surface area contributed by atoms with E-state index in [1.54, 1.807) is 0 Å². The molecule has 0 spiro atoms. The highest BCUT2D eigenvalue weighted by molar-refractivity contribution is 6.08. The van der Waals surface area contributed by atoms with Gasteiger partial charge in [-0.25, -0.2) is 0 Å². The van der Waals surface area contributed by atoms with Crippen molar-refractivity contribution in [3.8, 4) is 22.6 Å². The van der Waals surface area contributed by atoms with Crippen LogP contribution in [0.25, 0.3) is 55.5 Å². The fraction of sp³-hybridized carbons (Fsp3) is 0.242. The summed E-state index contributed by atoms with van der Waals surface area (Å²) in [5.74, 6) is 0.889. The molecule has 0 N–H and O–H groups in total. The van der Waals surface area contributed by atoms with E-state index in [9.17, 15) is 0 Å². The molecular weight excluding hydrogens is 442 g/mol. The molecule has 36 heavy (non-hydrogen) atoms. The lowest BCUT2D eigenvalue weighted by atomic mass is 9.82. The van der Waals surface area contributed by atoms with Gasteiger partial charge in [0.25, 0.3) is 0 Å². The molecule has 0 aliphatic rings. The summed E-state index contributed by atoms with van der Waals surface area (Å²) in [6, 6.07) is 19.5. The summed E-state index contributed by atoms with van der Waals surface area (Å²) in [6.45, 7) is 15.3. The van der Waals surface area contributed by atoms with Crippen LogP contribution in [-0.2, 0) is 5.41 Å². The summed E-state index contributed by atoms with van der Waals surface area (Å²) in [7, 11) is 0. The molecule has 0 saturated heterocycles. The van der Waals surface area contributed by atoms with Crippen molar-refractivity contribution in [1.82, 2.24) is 4.98 Å². The Morgan fingerprint density at radius 2 is 1.44 bits per heavy atom. The molecule has 0 saturated carbocycles. The van der Waals surface area contributed by atoms with Crippen molar-refractivity contribution >= 4 is 32.9 Å². The molecule has 0 amide bonds. The molecule has 6 rings (SSSR count). The van der Waals surface area contributed by atoms with Crippen molar-refractivity contribution in [2.45, 2.75) is 53.9 Å². The number of hydrogen-bond acceptors (Lipinski definition) is 3. The van der Waals surface area contributed by atoms with Crippen LogP contribution < -0.4 is 0 Å². The largest absolute Gasteiger partial charge is 0.452 e. The smallest absolute Gasteiger partial charge is 0.181 e. The molecule has 3 nitrogen and oxygen atoms in total. The van der Waals surface area contributed by atoms with E-state index in [0.717, 1.165) is 50.3 Å². The fourth-order valence-corrected chi connectivity index (χ4v) is 5.68. The van der Waals surface area contributed by atoms with Crippen molar-refractivity contribution < 1.29 is 8.83 Å². The molecule has 6 aromatic rings. The van der Waals surface area contributed by atoms with E-state index in [4.69, 9.17) is 13.8 Å². The first-order chi connectivity index (χ1) is 17.1. The van der Waals surface area contributed by atoms with Gasteiger partial charge in [0.1, 0.15) is 11.5 Å². The molecule has 0 fully saturated rings. The Bertz CT molecular complexity index is 1780. The van der Waals surface area contributed by atoms with Crippen LogP contribution in [0.2, 0.25) is 0 Å². The molecule has 180 valence electrons. The van der Waals surface area contributed by atoms with Crippen LogP contribution in [0.15, 0.2) is 69.6 Å². The zero-order valence-electron chi connectivity index (χ0n) is 22.0. The standard InChI is InChI=1S/C33H31NO2/c1-18-14-19(2)27(20(3)15-18)29-21(4)30-32(35-29)25-12-13-34-28(31(25)36-30)23-16-22-10-8-9-11-24(22)26(17-23)33(5,6)7/h8-17H,1-7H3. The van der Waals surface area contributed by atoms with E-state index in [1.807, 2.05) is 12.3 Å². The van der Waals surface area contributed by atoms with Gasteiger partial charge in [-0.15, -0.1) is 0 Å². The molecule has 3 heterocycles. The topological polar surface area (TPSA) is 39.2 Å². The van der Waals surface area contributed by atoms with Crippen molar-refractivity contribution in [3.63, 3.8) is 0 Å². The van der Waals surface area contributed by atoms with Gasteiger partial charge in [0.15, 0.2) is 16.7 Å². The maximum absolute atomic E-state index is 6.56. The first-order valence-corrected chi connectivity index (χ1v) is 12.6. The molecule has 3 heteroatoms. The molecule has 3 aromatic carbocycles. The Morgan fingerprint density at radius 1 is 0.722 bits per heavy atom. The number of pyridine rings is 1. The summed E-state index contributed by atoms with van der Waals surface area (Å²) >= 11 is 0. The minimum atomic E-state index is -0.00444. The van der Waals surface area contributed by atoms with Crippen molar-refractivity contribution in [3.05, 3.63) is 88.6 Å². The minimum Gasteiger partial charge on any atom is -0.452 e. The quantitative estimate of drug-likeness (QED) is 0.251. The fourth-order valence-electron chi connectivity index (χ4n) is 5.68. The maximum atomic E-state index is 6.56. The highest BCUT2D eigenvalue weighted by atomic mass is 16.4. The predicted molar refractivity (Wildman–Crippen MR) is 150 cm³/mol. The number of benzene rings is 3. The predicted octanol–water partition coefficient (Wildman–Crippen LogP) is 9.59. The second-order valence-corrected chi connectivity index (χ2v) is 11.1. The van der Waals surface area contributed by atoms with Gasteiger partial charge in [-0.05, 0) is 78.8 Å². The van der Waals surface area contributed by atoms with Gasteiger partial charge >= 0.3 is 0 Å². The van der Waals surface area contributed by atoms with Gasteiger partial charge in [0.05, 0.1) is 5.39 Å². The number of hydrogen-bond donors (Lipinski definition) is 0. The Kier molecular flexibility index (Phi) is 4.91. The molecular formula is C33H31NO2. The van der Waals surface area contributed by atoms with E-state index in [2.05, 4.69) is 97.0 Å². The molecule has 0 radical (unpaired) electrons. The summed E-state index contributed by atoms with van der Waals surface area (Å²) in [6.07, 6.45) is 1.86. The number of aryl methyl sites for hydroxylation is 4. The van der Waals surface area contributed by atoms with Crippen LogP contribution in [0, 0.1) is 27.7 Å². The first-order valence-electron chi connectivity index (χ1n) is 12.6. The normalized spacial score (nSPS) is 12.3. The number of nitrogens with zero attached hydrogens (tertiary/aromatic N) is 1. The van der Waals surface area contributed by atoms with Crippen LogP contribution in [0.5, 0.6) is 0 Å². The van der Waals surface area contributed by atoms with E-state index >= 15 is 0 Å². The van der Waals surface area contributed by atoms with E-state index in [0.29, 0.717) is 0 Å². The average Bonchev–Trinajstić information content (AvgIpc) is 3.34. The summed E-state index contributed by atoms with van der Waals surface area (Å²) < 4.78 is 13.1. The van der Waals surface area contributed by atoms with Crippen LogP contribution >= 0.6 is 0 Å². The summed E-state index contributed by atoms with van der Waals surface area (Å²) in [5, 5.41) is 3.44. The van der Waals surface area contributed by atoms with Crippen LogP contribution in [0.4, 0.5) is 0 Å². The van der Waals surface area contributed by atoms with Crippen molar-refractivity contribution in [1.29, 1.82) is 0 Å². The number of rotatable bonds is 2. The van der Waals surface area contributed by atoms with Gasteiger partial charge in [0, 0.05) is 22.9 Å². The Hall–Kier alpha value is -3.85. The highest BCUT2D eigenvalue weighted by Crippen LogP contribution is 2.44. The molecule has 0 aliphatic heterocycles. The summed E-state index contributed by atoms with van der Waals surface area (Å²) in [4.78, 5) is 4.79. The van der Waals surface area contributed by atoms with Gasteiger partial charge < -0.3 is 8.83 Å². The van der Waals surface area contributed by atoms with Gasteiger partial charge in [-0.1, -0.05) is 62.7 Å². The number of fused-ring (bicyclic) bond motifs is 4. The van der Waals surface area contributed by atoms with Crippen LogP contribution in [0.1, 0.15) is 48.6 Å². The average molecular weight is 474 g/mol. The van der Waals surface area contributed by atoms with Crippen molar-refractivity contribution in [2.24, 2.45) is 0 Å². The summed E-state index contributed by atoms with van der Waals surface area (Å²) in [5.41, 5.74) is 11.4. The Balaban J connectivity index is 1.60. The highest BCUT2D eigenvalue weighted by Gasteiger charge is 2.25. The minimum absolute atomic E-state index is 0.00444. The lowest BCUT2D eigenvalue weighted by Crippen LogP contribution is -2.12. The van der Waals surface area contributed by atoms with Crippen LogP contribution in [0.3, 0.4) is 0 Å². The van der Waals surface area contributed by atoms with Gasteiger partial charge in [0.2, 0.25) is 0 Å². The molecule has 3 aromatic heterocycles.